The van der Waals surface area contributed by atoms with Crippen LogP contribution in [0.5, 0.6) is 0 Å². The van der Waals surface area contributed by atoms with Crippen LogP contribution >= 0.6 is 0 Å². The molecule has 4 bridgehead atoms. The van der Waals surface area contributed by atoms with Crippen molar-refractivity contribution in [3.8, 4) is 0 Å². The molecule has 0 nitrogen and oxygen atoms in total. The van der Waals surface area contributed by atoms with E-state index < -0.39 is 0 Å². The van der Waals surface area contributed by atoms with Crippen LogP contribution in [0.1, 0.15) is 32.1 Å². The van der Waals surface area contributed by atoms with Gasteiger partial charge in [-0.3, -0.25) is 0 Å². The minimum absolute atomic E-state index is 1.10. The summed E-state index contributed by atoms with van der Waals surface area (Å²) in [5, 5.41) is 0. The Hall–Kier alpha value is 0.669. The Kier molecular flexibility index (Phi) is 1.51. The molecular weight excluding hydrogens is 239 g/mol. The fourth-order valence-electron chi connectivity index (χ4n) is 3.69. The first-order valence-electron chi connectivity index (χ1n) is 4.91. The zero-order chi connectivity index (χ0) is 7.42. The van der Waals surface area contributed by atoms with E-state index in [1.165, 1.54) is 0 Å². The maximum absolute atomic E-state index is 1.96. The van der Waals surface area contributed by atoms with Crippen LogP contribution < -0.4 is 0 Å². The molecule has 0 saturated heterocycles. The van der Waals surface area contributed by atoms with E-state index in [1.807, 2.05) is 3.52 Å². The molecule has 0 aromatic heterocycles. The van der Waals surface area contributed by atoms with Crippen LogP contribution in [0.25, 0.3) is 0 Å². The first-order chi connectivity index (χ1) is 5.33. The molecule has 0 N–H and O–H groups in total. The molecule has 4 aliphatic carbocycles. The zero-order valence-corrected chi connectivity index (χ0v) is 9.70. The molecule has 2 radical (unpaired) electrons. The van der Waals surface area contributed by atoms with E-state index in [0.717, 1.165) is 23.7 Å². The van der Waals surface area contributed by atoms with Gasteiger partial charge in [-0.05, 0) is 0 Å². The molecule has 58 valence electrons. The fraction of sp³-hybridized carbons (Fsp3) is 0.900. The number of hydrogen-bond acceptors (Lipinski definition) is 0. The molecule has 1 heteroatoms. The van der Waals surface area contributed by atoms with Crippen LogP contribution in [0, 0.1) is 23.7 Å². The van der Waals surface area contributed by atoms with Gasteiger partial charge in [0, 0.05) is 0 Å². The molecule has 0 heterocycles. The van der Waals surface area contributed by atoms with Gasteiger partial charge in [0.1, 0.15) is 0 Å². The van der Waals surface area contributed by atoms with Gasteiger partial charge in [0.05, 0.1) is 0 Å². The van der Waals surface area contributed by atoms with Crippen molar-refractivity contribution in [3.63, 3.8) is 0 Å². The summed E-state index contributed by atoms with van der Waals surface area (Å²) < 4.78 is 1.96. The quantitative estimate of drug-likeness (QED) is 0.577. The van der Waals surface area contributed by atoms with Crippen molar-refractivity contribution in [3.05, 3.63) is 0 Å². The third-order valence-corrected chi connectivity index (χ3v) is 6.35. The summed E-state index contributed by atoms with van der Waals surface area (Å²) in [4.78, 5) is 0. The van der Waals surface area contributed by atoms with Crippen molar-refractivity contribution >= 4 is 25.6 Å². The van der Waals surface area contributed by atoms with Gasteiger partial charge in [-0.15, -0.1) is 0 Å². The van der Waals surface area contributed by atoms with Crippen molar-refractivity contribution in [2.75, 3.05) is 0 Å². The molecule has 4 rings (SSSR count). The Morgan fingerprint density at radius 1 is 0.818 bits per heavy atom. The molecule has 11 heavy (non-hydrogen) atoms. The fourth-order valence-corrected chi connectivity index (χ4v) is 5.04. The third kappa shape index (κ3) is 0.975. The van der Waals surface area contributed by atoms with Gasteiger partial charge in [0.25, 0.3) is 0 Å². The van der Waals surface area contributed by atoms with Crippen LogP contribution in [0.2, 0.25) is 0 Å². The van der Waals surface area contributed by atoms with Gasteiger partial charge in [-0.1, -0.05) is 0 Å². The summed E-state index contributed by atoms with van der Waals surface area (Å²) in [6, 6.07) is 0. The summed E-state index contributed by atoms with van der Waals surface area (Å²) in [7, 11) is 0. The van der Waals surface area contributed by atoms with E-state index >= 15 is 0 Å². The second-order valence-electron chi connectivity index (χ2n) is 4.76. The topological polar surface area (TPSA) is 0 Å². The summed E-state index contributed by atoms with van der Waals surface area (Å²) in [6.07, 6.45) is 7.90. The summed E-state index contributed by atoms with van der Waals surface area (Å²) >= 11 is 1.76. The zero-order valence-electron chi connectivity index (χ0n) is 6.84. The molecule has 4 fully saturated rings. The molecule has 0 atom stereocenters. The van der Waals surface area contributed by atoms with E-state index in [2.05, 4.69) is 0 Å². The third-order valence-electron chi connectivity index (χ3n) is 4.02. The van der Waals surface area contributed by atoms with Crippen molar-refractivity contribution in [2.45, 2.75) is 32.1 Å². The van der Waals surface area contributed by atoms with Gasteiger partial charge >= 0.3 is 81.3 Å². The molecule has 0 spiro atoms. The Morgan fingerprint density at radius 2 is 1.27 bits per heavy atom. The van der Waals surface area contributed by atoms with Gasteiger partial charge in [0.15, 0.2) is 0 Å². The summed E-state index contributed by atoms with van der Waals surface area (Å²) in [5.74, 6) is 4.51. The van der Waals surface area contributed by atoms with Crippen LogP contribution in [-0.2, 0) is 0 Å². The average molecular weight is 253 g/mol. The maximum atomic E-state index is 1.96. The predicted octanol–water partition coefficient (Wildman–Crippen LogP) is 1.78. The molecule has 0 unspecified atom stereocenters. The van der Waals surface area contributed by atoms with Gasteiger partial charge in [-0.25, -0.2) is 0 Å². The van der Waals surface area contributed by atoms with Gasteiger partial charge in [0.2, 0.25) is 0 Å². The molecule has 0 aromatic rings. The van der Waals surface area contributed by atoms with Gasteiger partial charge < -0.3 is 0 Å². The van der Waals surface area contributed by atoms with E-state index in [-0.39, 0.29) is 0 Å². The molecule has 4 saturated carbocycles. The second kappa shape index (κ2) is 2.33. The van der Waals surface area contributed by atoms with Crippen LogP contribution in [0.4, 0.5) is 0 Å². The Morgan fingerprint density at radius 3 is 1.73 bits per heavy atom. The number of rotatable bonds is 0. The van der Waals surface area contributed by atoms with E-state index in [9.17, 15) is 0 Å². The minimum atomic E-state index is 1.10. The molecule has 4 aliphatic rings. The van der Waals surface area contributed by atoms with Crippen molar-refractivity contribution in [2.24, 2.45) is 23.7 Å². The molecular formula is C10H14Sn. The van der Waals surface area contributed by atoms with Crippen LogP contribution in [0.15, 0.2) is 0 Å². The van der Waals surface area contributed by atoms with Crippen molar-refractivity contribution in [1.29, 1.82) is 0 Å². The van der Waals surface area contributed by atoms with E-state index in [4.69, 9.17) is 0 Å². The SMILES string of the molecule is [Sn]=[C]1C2CC3CC(C2)CC1C3. The van der Waals surface area contributed by atoms with E-state index in [0.29, 0.717) is 0 Å². The summed E-state index contributed by atoms with van der Waals surface area (Å²) in [6.45, 7) is 0. The molecule has 0 aromatic carbocycles. The molecule has 0 aliphatic heterocycles. The van der Waals surface area contributed by atoms with Gasteiger partial charge in [-0.2, -0.15) is 0 Å². The van der Waals surface area contributed by atoms with E-state index in [1.54, 1.807) is 54.2 Å². The monoisotopic (exact) mass is 254 g/mol. The Balaban J connectivity index is 1.96. The van der Waals surface area contributed by atoms with Crippen molar-refractivity contribution < 1.29 is 0 Å². The average Bonchev–Trinajstić information content (AvgIpc) is 1.98. The predicted molar refractivity (Wildman–Crippen MR) is 47.8 cm³/mol. The van der Waals surface area contributed by atoms with Crippen LogP contribution in [-0.4, -0.2) is 25.6 Å². The standard InChI is InChI=1S/C10H14.Sn/c1-7-2-9-4-8(1)5-10(3-7)6-9;/h7-10H,1-5H2;. The van der Waals surface area contributed by atoms with Crippen LogP contribution in [0.3, 0.4) is 0 Å². The van der Waals surface area contributed by atoms with Crippen molar-refractivity contribution in [1.82, 2.24) is 0 Å². The number of hydrogen-bond donors (Lipinski definition) is 0. The first-order valence-corrected chi connectivity index (χ1v) is 6.34. The first kappa shape index (κ1) is 7.11. The Bertz CT molecular complexity index is 177. The Labute approximate surface area is 81.3 Å². The summed E-state index contributed by atoms with van der Waals surface area (Å²) in [5.41, 5.74) is 0. The second-order valence-corrected chi connectivity index (χ2v) is 6.41. The molecule has 0 amide bonds. The normalized spacial score (nSPS) is 53.6.